The van der Waals surface area contributed by atoms with E-state index < -0.39 is 16.0 Å². The largest absolute Gasteiger partial charge is 0.462 e. The molecule has 0 radical (unpaired) electrons. The average Bonchev–Trinajstić information content (AvgIpc) is 3.24. The van der Waals surface area contributed by atoms with E-state index in [0.717, 1.165) is 13.0 Å². The molecule has 1 aliphatic heterocycles. The van der Waals surface area contributed by atoms with Crippen molar-refractivity contribution in [3.63, 3.8) is 0 Å². The number of carbonyl (C=O) groups is 1. The first-order chi connectivity index (χ1) is 14.4. The maximum absolute atomic E-state index is 13.4. The molecular formula is C23H30N2O4S. The van der Waals surface area contributed by atoms with E-state index in [1.165, 1.54) is 11.6 Å². The Labute approximate surface area is 179 Å². The van der Waals surface area contributed by atoms with Crippen molar-refractivity contribution in [2.75, 3.05) is 26.2 Å². The summed E-state index contributed by atoms with van der Waals surface area (Å²) in [7, 11) is -3.72. The van der Waals surface area contributed by atoms with Crippen LogP contribution in [0.2, 0.25) is 0 Å². The number of esters is 1. The van der Waals surface area contributed by atoms with Gasteiger partial charge >= 0.3 is 5.97 Å². The second kappa shape index (κ2) is 9.73. The summed E-state index contributed by atoms with van der Waals surface area (Å²) in [6, 6.07) is 16.5. The molecule has 3 rings (SSSR count). The number of nitrogens with zero attached hydrogens (tertiary/aromatic N) is 2. The normalized spacial score (nSPS) is 18.5. The molecule has 2 aromatic carbocycles. The van der Waals surface area contributed by atoms with Gasteiger partial charge in [-0.2, -0.15) is 4.31 Å². The Balaban J connectivity index is 1.78. The standard InChI is InChI=1S/C23H30N2O4S/c1-4-25(21-14-15-24(17-21)18(3)19-10-7-6-8-11-19)30(27,28)22-13-9-12-20(16-22)23(26)29-5-2/h6-13,16,18,21H,4-5,14-15,17H2,1-3H3. The van der Waals surface area contributed by atoms with Gasteiger partial charge in [-0.15, -0.1) is 0 Å². The average molecular weight is 431 g/mol. The fourth-order valence-corrected chi connectivity index (χ4v) is 5.76. The van der Waals surface area contributed by atoms with E-state index in [-0.39, 0.29) is 29.1 Å². The fourth-order valence-electron chi connectivity index (χ4n) is 4.06. The zero-order chi connectivity index (χ0) is 21.7. The van der Waals surface area contributed by atoms with Crippen molar-refractivity contribution >= 4 is 16.0 Å². The third-order valence-corrected chi connectivity index (χ3v) is 7.72. The van der Waals surface area contributed by atoms with Crippen LogP contribution in [0.5, 0.6) is 0 Å². The third-order valence-electron chi connectivity index (χ3n) is 5.70. The molecule has 0 N–H and O–H groups in total. The number of benzene rings is 2. The second-order valence-corrected chi connectivity index (χ2v) is 9.37. The SMILES string of the molecule is CCOC(=O)c1cccc(S(=O)(=O)N(CC)C2CCN(C(C)c3ccccc3)C2)c1. The molecule has 2 unspecified atom stereocenters. The Morgan fingerprint density at radius 1 is 1.17 bits per heavy atom. The number of hydrogen-bond acceptors (Lipinski definition) is 5. The summed E-state index contributed by atoms with van der Waals surface area (Å²) in [5.74, 6) is -0.513. The molecule has 1 saturated heterocycles. The number of hydrogen-bond donors (Lipinski definition) is 0. The minimum absolute atomic E-state index is 0.0996. The van der Waals surface area contributed by atoms with E-state index >= 15 is 0 Å². The molecule has 2 atom stereocenters. The summed E-state index contributed by atoms with van der Waals surface area (Å²) in [5.41, 5.74) is 1.48. The van der Waals surface area contributed by atoms with Gasteiger partial charge in [-0.1, -0.05) is 43.3 Å². The van der Waals surface area contributed by atoms with Crippen molar-refractivity contribution < 1.29 is 17.9 Å². The molecule has 0 aliphatic carbocycles. The van der Waals surface area contributed by atoms with Crippen LogP contribution in [0.3, 0.4) is 0 Å². The van der Waals surface area contributed by atoms with E-state index in [4.69, 9.17) is 4.74 Å². The summed E-state index contributed by atoms with van der Waals surface area (Å²) in [4.78, 5) is 14.5. The summed E-state index contributed by atoms with van der Waals surface area (Å²) in [5, 5.41) is 0. The molecule has 1 aliphatic rings. The number of rotatable bonds is 8. The van der Waals surface area contributed by atoms with Crippen LogP contribution in [0.4, 0.5) is 0 Å². The highest BCUT2D eigenvalue weighted by Gasteiger charge is 2.36. The van der Waals surface area contributed by atoms with E-state index in [9.17, 15) is 13.2 Å². The van der Waals surface area contributed by atoms with E-state index in [1.807, 2.05) is 25.1 Å². The predicted molar refractivity (Wildman–Crippen MR) is 117 cm³/mol. The van der Waals surface area contributed by atoms with Gasteiger partial charge in [0.2, 0.25) is 10.0 Å². The number of sulfonamides is 1. The highest BCUT2D eigenvalue weighted by Crippen LogP contribution is 2.29. The summed E-state index contributed by atoms with van der Waals surface area (Å²) < 4.78 is 33.3. The summed E-state index contributed by atoms with van der Waals surface area (Å²) in [6.45, 7) is 7.88. The van der Waals surface area contributed by atoms with Gasteiger partial charge < -0.3 is 4.74 Å². The van der Waals surface area contributed by atoms with Crippen molar-refractivity contribution in [3.8, 4) is 0 Å². The molecule has 1 fully saturated rings. The molecule has 2 aromatic rings. The van der Waals surface area contributed by atoms with Crippen molar-refractivity contribution in [3.05, 3.63) is 65.7 Å². The molecule has 0 aromatic heterocycles. The number of carbonyl (C=O) groups excluding carboxylic acids is 1. The van der Waals surface area contributed by atoms with Crippen molar-refractivity contribution in [2.45, 2.75) is 44.2 Å². The van der Waals surface area contributed by atoms with Crippen LogP contribution in [-0.4, -0.2) is 55.9 Å². The van der Waals surface area contributed by atoms with Crippen LogP contribution in [0.1, 0.15) is 49.2 Å². The van der Waals surface area contributed by atoms with Crippen LogP contribution in [-0.2, 0) is 14.8 Å². The van der Waals surface area contributed by atoms with E-state index in [0.29, 0.717) is 13.1 Å². The lowest BCUT2D eigenvalue weighted by molar-refractivity contribution is 0.0526. The Morgan fingerprint density at radius 3 is 2.57 bits per heavy atom. The zero-order valence-electron chi connectivity index (χ0n) is 17.8. The van der Waals surface area contributed by atoms with Crippen LogP contribution in [0.25, 0.3) is 0 Å². The second-order valence-electron chi connectivity index (χ2n) is 7.48. The first-order valence-corrected chi connectivity index (χ1v) is 11.9. The van der Waals surface area contributed by atoms with E-state index in [1.54, 1.807) is 29.4 Å². The molecule has 0 saturated carbocycles. The lowest BCUT2D eigenvalue weighted by atomic mass is 10.1. The Kier molecular flexibility index (Phi) is 7.28. The molecule has 1 heterocycles. The molecule has 0 bridgehead atoms. The molecule has 162 valence electrons. The molecule has 30 heavy (non-hydrogen) atoms. The first kappa shape index (κ1) is 22.5. The van der Waals surface area contributed by atoms with Gasteiger partial charge in [0.05, 0.1) is 17.1 Å². The van der Waals surface area contributed by atoms with E-state index in [2.05, 4.69) is 24.0 Å². The van der Waals surface area contributed by atoms with Crippen molar-refractivity contribution in [1.29, 1.82) is 0 Å². The fraction of sp³-hybridized carbons (Fsp3) is 0.435. The minimum atomic E-state index is -3.72. The first-order valence-electron chi connectivity index (χ1n) is 10.5. The van der Waals surface area contributed by atoms with Gasteiger partial charge in [0.25, 0.3) is 0 Å². The van der Waals surface area contributed by atoms with Gasteiger partial charge in [0.1, 0.15) is 0 Å². The maximum Gasteiger partial charge on any atom is 0.338 e. The number of likely N-dealkylation sites (tertiary alicyclic amines) is 1. The monoisotopic (exact) mass is 430 g/mol. The maximum atomic E-state index is 13.4. The summed E-state index contributed by atoms with van der Waals surface area (Å²) >= 11 is 0. The topological polar surface area (TPSA) is 66.9 Å². The van der Waals surface area contributed by atoms with Crippen LogP contribution in [0.15, 0.2) is 59.5 Å². The van der Waals surface area contributed by atoms with Crippen LogP contribution >= 0.6 is 0 Å². The van der Waals surface area contributed by atoms with Crippen molar-refractivity contribution in [1.82, 2.24) is 9.21 Å². The van der Waals surface area contributed by atoms with Gasteiger partial charge in [-0.25, -0.2) is 13.2 Å². The van der Waals surface area contributed by atoms with Gasteiger partial charge in [-0.3, -0.25) is 4.90 Å². The predicted octanol–water partition coefficient (Wildman–Crippen LogP) is 3.71. The van der Waals surface area contributed by atoms with Gasteiger partial charge in [0.15, 0.2) is 0 Å². The third kappa shape index (κ3) is 4.74. The molecular weight excluding hydrogens is 400 g/mol. The Hall–Kier alpha value is -2.22. The Morgan fingerprint density at radius 2 is 1.90 bits per heavy atom. The molecule has 7 heteroatoms. The molecule has 0 spiro atoms. The van der Waals surface area contributed by atoms with Gasteiger partial charge in [0, 0.05) is 31.7 Å². The highest BCUT2D eigenvalue weighted by atomic mass is 32.2. The number of ether oxygens (including phenoxy) is 1. The molecule has 0 amide bonds. The van der Waals surface area contributed by atoms with Crippen molar-refractivity contribution in [2.24, 2.45) is 0 Å². The zero-order valence-corrected chi connectivity index (χ0v) is 18.6. The number of likely N-dealkylation sites (N-methyl/N-ethyl adjacent to an activating group) is 1. The van der Waals surface area contributed by atoms with Crippen LogP contribution < -0.4 is 0 Å². The summed E-state index contributed by atoms with van der Waals surface area (Å²) in [6.07, 6.45) is 0.780. The van der Waals surface area contributed by atoms with Gasteiger partial charge in [-0.05, 0) is 44.0 Å². The lowest BCUT2D eigenvalue weighted by Crippen LogP contribution is -2.42. The minimum Gasteiger partial charge on any atom is -0.462 e. The smallest absolute Gasteiger partial charge is 0.338 e. The Bertz CT molecular complexity index is 962. The van der Waals surface area contributed by atoms with Crippen LogP contribution in [0, 0.1) is 0 Å². The molecule has 6 nitrogen and oxygen atoms in total. The quantitative estimate of drug-likeness (QED) is 0.597. The highest BCUT2D eigenvalue weighted by molar-refractivity contribution is 7.89. The lowest BCUT2D eigenvalue weighted by Gasteiger charge is -2.29.